The second-order valence-corrected chi connectivity index (χ2v) is 6.04. The predicted molar refractivity (Wildman–Crippen MR) is 68.1 cm³/mol. The average Bonchev–Trinajstić information content (AvgIpc) is 2.39. The summed E-state index contributed by atoms with van der Waals surface area (Å²) in [6.45, 7) is 3.52. The third kappa shape index (κ3) is 2.47. The van der Waals surface area contributed by atoms with Crippen molar-refractivity contribution < 1.29 is 13.2 Å². The summed E-state index contributed by atoms with van der Waals surface area (Å²) in [4.78, 5) is 4.35. The molecule has 1 aliphatic heterocycles. The average molecular weight is 271 g/mol. The van der Waals surface area contributed by atoms with Gasteiger partial charge in [0.25, 0.3) is 0 Å². The molecule has 18 heavy (non-hydrogen) atoms. The van der Waals surface area contributed by atoms with E-state index in [4.69, 9.17) is 4.74 Å². The second-order valence-electron chi connectivity index (χ2n) is 4.10. The first kappa shape index (κ1) is 13.3. The molecule has 0 amide bonds. The number of sulfonamides is 1. The highest BCUT2D eigenvalue weighted by molar-refractivity contribution is 7.89. The Morgan fingerprint density at radius 1 is 1.39 bits per heavy atom. The molecule has 0 spiro atoms. The second kappa shape index (κ2) is 5.21. The van der Waals surface area contributed by atoms with Crippen molar-refractivity contribution in [3.8, 4) is 0 Å². The topological polar surface area (TPSA) is 71.5 Å². The molecular weight excluding hydrogens is 254 g/mol. The van der Waals surface area contributed by atoms with Crippen LogP contribution in [0, 0.1) is 6.92 Å². The number of nitrogens with zero attached hydrogens (tertiary/aromatic N) is 2. The summed E-state index contributed by atoms with van der Waals surface area (Å²) in [5.41, 5.74) is 0.812. The van der Waals surface area contributed by atoms with Gasteiger partial charge in [0.2, 0.25) is 10.0 Å². The highest BCUT2D eigenvalue weighted by Crippen LogP contribution is 2.20. The van der Waals surface area contributed by atoms with Crippen molar-refractivity contribution in [2.75, 3.05) is 38.7 Å². The number of pyridine rings is 1. The Morgan fingerprint density at radius 3 is 2.61 bits per heavy atom. The summed E-state index contributed by atoms with van der Waals surface area (Å²) < 4.78 is 31.3. The van der Waals surface area contributed by atoms with Gasteiger partial charge < -0.3 is 10.1 Å². The van der Waals surface area contributed by atoms with E-state index in [0.29, 0.717) is 32.1 Å². The number of ether oxygens (including phenoxy) is 1. The summed E-state index contributed by atoms with van der Waals surface area (Å²) in [6.07, 6.45) is 1.39. The van der Waals surface area contributed by atoms with Gasteiger partial charge in [-0.25, -0.2) is 13.4 Å². The molecule has 1 aliphatic rings. The molecular formula is C11H17N3O3S. The number of rotatable bonds is 3. The van der Waals surface area contributed by atoms with Gasteiger partial charge in [-0.05, 0) is 18.6 Å². The molecule has 1 fully saturated rings. The Kier molecular flexibility index (Phi) is 3.84. The van der Waals surface area contributed by atoms with E-state index in [-0.39, 0.29) is 4.90 Å². The molecule has 0 radical (unpaired) electrons. The number of hydrogen-bond donors (Lipinski definition) is 1. The van der Waals surface area contributed by atoms with E-state index in [1.807, 2.05) is 6.92 Å². The summed E-state index contributed by atoms with van der Waals surface area (Å²) in [6, 6.07) is 1.64. The fraction of sp³-hybridized carbons (Fsp3) is 0.545. The number of morpholine rings is 1. The van der Waals surface area contributed by atoms with Gasteiger partial charge in [-0.15, -0.1) is 0 Å². The minimum Gasteiger partial charge on any atom is -0.379 e. The molecule has 2 heterocycles. The van der Waals surface area contributed by atoms with Gasteiger partial charge >= 0.3 is 0 Å². The lowest BCUT2D eigenvalue weighted by Crippen LogP contribution is -2.40. The third-order valence-electron chi connectivity index (χ3n) is 2.90. The maximum atomic E-state index is 12.3. The van der Waals surface area contributed by atoms with E-state index in [2.05, 4.69) is 10.3 Å². The fourth-order valence-corrected chi connectivity index (χ4v) is 3.33. The Labute approximate surface area is 107 Å². The number of aryl methyl sites for hydroxylation is 1. The molecule has 1 aromatic rings. The minimum absolute atomic E-state index is 0.237. The van der Waals surface area contributed by atoms with Crippen LogP contribution < -0.4 is 5.32 Å². The van der Waals surface area contributed by atoms with Gasteiger partial charge in [-0.2, -0.15) is 4.31 Å². The molecule has 0 aliphatic carbocycles. The predicted octanol–water partition coefficient (Wildman–Crippen LogP) is 0.453. The largest absolute Gasteiger partial charge is 0.379 e. The minimum atomic E-state index is -3.45. The maximum Gasteiger partial charge on any atom is 0.244 e. The van der Waals surface area contributed by atoms with Crippen LogP contribution >= 0.6 is 0 Å². The van der Waals surface area contributed by atoms with Crippen molar-refractivity contribution in [1.29, 1.82) is 0 Å². The number of aromatic nitrogens is 1. The maximum absolute atomic E-state index is 12.3. The summed E-state index contributed by atoms with van der Waals surface area (Å²) in [5, 5.41) is 2.91. The zero-order valence-electron chi connectivity index (χ0n) is 10.5. The van der Waals surface area contributed by atoms with E-state index >= 15 is 0 Å². The normalized spacial score (nSPS) is 17.7. The van der Waals surface area contributed by atoms with Gasteiger partial charge in [0.15, 0.2) is 0 Å². The molecule has 0 atom stereocenters. The highest BCUT2D eigenvalue weighted by Gasteiger charge is 2.26. The van der Waals surface area contributed by atoms with Crippen molar-refractivity contribution in [3.63, 3.8) is 0 Å². The van der Waals surface area contributed by atoms with Gasteiger partial charge in [0, 0.05) is 26.3 Å². The van der Waals surface area contributed by atoms with Crippen LogP contribution in [-0.2, 0) is 14.8 Å². The molecule has 0 bridgehead atoms. The van der Waals surface area contributed by atoms with Crippen molar-refractivity contribution >= 4 is 15.8 Å². The van der Waals surface area contributed by atoms with Crippen LogP contribution in [0.1, 0.15) is 5.56 Å². The SMILES string of the molecule is CNc1ncc(S(=O)(=O)N2CCOCC2)cc1C. The molecule has 6 nitrogen and oxygen atoms in total. The van der Waals surface area contributed by atoms with Crippen LogP contribution in [0.3, 0.4) is 0 Å². The summed E-state index contributed by atoms with van der Waals surface area (Å²) in [7, 11) is -1.69. The first-order valence-corrected chi connectivity index (χ1v) is 7.22. The lowest BCUT2D eigenvalue weighted by molar-refractivity contribution is 0.0730. The smallest absolute Gasteiger partial charge is 0.244 e. The Hall–Kier alpha value is -1.18. The fourth-order valence-electron chi connectivity index (χ4n) is 1.89. The monoisotopic (exact) mass is 271 g/mol. The van der Waals surface area contributed by atoms with E-state index < -0.39 is 10.0 Å². The quantitative estimate of drug-likeness (QED) is 0.864. The van der Waals surface area contributed by atoms with Crippen molar-refractivity contribution in [2.45, 2.75) is 11.8 Å². The first-order chi connectivity index (χ1) is 8.55. The van der Waals surface area contributed by atoms with Crippen LogP contribution in [-0.4, -0.2) is 51.1 Å². The van der Waals surface area contributed by atoms with Gasteiger partial charge in [-0.1, -0.05) is 0 Å². The summed E-state index contributed by atoms with van der Waals surface area (Å²) in [5.74, 6) is 0.691. The first-order valence-electron chi connectivity index (χ1n) is 5.78. The zero-order valence-corrected chi connectivity index (χ0v) is 11.3. The molecule has 0 aromatic carbocycles. The van der Waals surface area contributed by atoms with Crippen molar-refractivity contribution in [3.05, 3.63) is 17.8 Å². The molecule has 1 saturated heterocycles. The molecule has 0 saturated carbocycles. The molecule has 1 N–H and O–H groups in total. The third-order valence-corrected chi connectivity index (χ3v) is 4.76. The van der Waals surface area contributed by atoms with E-state index in [1.165, 1.54) is 10.5 Å². The number of anilines is 1. The molecule has 100 valence electrons. The Morgan fingerprint density at radius 2 is 2.06 bits per heavy atom. The lowest BCUT2D eigenvalue weighted by atomic mass is 10.3. The van der Waals surface area contributed by atoms with Crippen molar-refractivity contribution in [2.24, 2.45) is 0 Å². The highest BCUT2D eigenvalue weighted by atomic mass is 32.2. The molecule has 2 rings (SSSR count). The van der Waals surface area contributed by atoms with Crippen LogP contribution in [0.4, 0.5) is 5.82 Å². The van der Waals surface area contributed by atoms with Crippen LogP contribution in [0.2, 0.25) is 0 Å². The zero-order chi connectivity index (χ0) is 13.2. The number of nitrogens with one attached hydrogen (secondary N) is 1. The summed E-state index contributed by atoms with van der Waals surface area (Å²) >= 11 is 0. The van der Waals surface area contributed by atoms with Crippen LogP contribution in [0.5, 0.6) is 0 Å². The molecule has 7 heteroatoms. The van der Waals surface area contributed by atoms with Crippen LogP contribution in [0.25, 0.3) is 0 Å². The molecule has 1 aromatic heterocycles. The number of hydrogen-bond acceptors (Lipinski definition) is 5. The van der Waals surface area contributed by atoms with E-state index in [9.17, 15) is 8.42 Å². The van der Waals surface area contributed by atoms with E-state index in [1.54, 1.807) is 13.1 Å². The van der Waals surface area contributed by atoms with Gasteiger partial charge in [-0.3, -0.25) is 0 Å². The lowest BCUT2D eigenvalue weighted by Gasteiger charge is -2.26. The Bertz CT molecular complexity index is 524. The standard InChI is InChI=1S/C11H17N3O3S/c1-9-7-10(8-13-11(9)12-2)18(15,16)14-3-5-17-6-4-14/h7-8H,3-6H2,1-2H3,(H,12,13). The van der Waals surface area contributed by atoms with Crippen LogP contribution in [0.15, 0.2) is 17.2 Å². The Balaban J connectivity index is 2.32. The molecule has 0 unspecified atom stereocenters. The van der Waals surface area contributed by atoms with E-state index in [0.717, 1.165) is 5.56 Å². The van der Waals surface area contributed by atoms with Gasteiger partial charge in [0.1, 0.15) is 10.7 Å². The van der Waals surface area contributed by atoms with Gasteiger partial charge in [0.05, 0.1) is 13.2 Å². The van der Waals surface area contributed by atoms with Crippen molar-refractivity contribution in [1.82, 2.24) is 9.29 Å².